The fraction of sp³-hybridized carbons (Fsp3) is 0.0667. The van der Waals surface area contributed by atoms with Crippen LogP contribution in [0, 0.1) is 12.7 Å². The van der Waals surface area contributed by atoms with Crippen molar-refractivity contribution in [1.29, 1.82) is 0 Å². The molecule has 0 radical (unpaired) electrons. The van der Waals surface area contributed by atoms with Crippen molar-refractivity contribution in [2.24, 2.45) is 0 Å². The first-order valence-electron chi connectivity index (χ1n) is 5.75. The summed E-state index contributed by atoms with van der Waals surface area (Å²) in [6.45, 7) is 2.08. The Balaban J connectivity index is 2.04. The van der Waals surface area contributed by atoms with Crippen LogP contribution in [0.4, 0.5) is 4.39 Å². The molecule has 0 fully saturated rings. The molecule has 0 bridgehead atoms. The van der Waals surface area contributed by atoms with Crippen LogP contribution in [-0.4, -0.2) is 3.97 Å². The average molecular weight is 257 g/mol. The van der Waals surface area contributed by atoms with Crippen molar-refractivity contribution in [1.82, 2.24) is 3.97 Å². The van der Waals surface area contributed by atoms with Crippen LogP contribution in [-0.2, 0) is 0 Å². The molecule has 3 rings (SSSR count). The van der Waals surface area contributed by atoms with E-state index in [0.717, 1.165) is 4.90 Å². The second kappa shape index (κ2) is 4.50. The van der Waals surface area contributed by atoms with Gasteiger partial charge in [-0.3, -0.25) is 3.97 Å². The van der Waals surface area contributed by atoms with E-state index >= 15 is 0 Å². The van der Waals surface area contributed by atoms with Crippen molar-refractivity contribution < 1.29 is 4.39 Å². The van der Waals surface area contributed by atoms with E-state index in [1.807, 2.05) is 12.1 Å². The Morgan fingerprint density at radius 2 is 1.72 bits per heavy atom. The lowest BCUT2D eigenvalue weighted by Crippen LogP contribution is -1.89. The van der Waals surface area contributed by atoms with Crippen molar-refractivity contribution in [3.63, 3.8) is 0 Å². The Labute approximate surface area is 109 Å². The predicted octanol–water partition coefficient (Wildman–Crippen LogP) is 4.64. The van der Waals surface area contributed by atoms with Gasteiger partial charge in [-0.15, -0.1) is 0 Å². The number of aromatic nitrogens is 1. The number of fused-ring (bicyclic) bond motifs is 1. The summed E-state index contributed by atoms with van der Waals surface area (Å²) in [5, 5.41) is 1.23. The highest BCUT2D eigenvalue weighted by Gasteiger charge is 2.06. The van der Waals surface area contributed by atoms with Gasteiger partial charge in [0.2, 0.25) is 0 Å². The van der Waals surface area contributed by atoms with Crippen molar-refractivity contribution >= 4 is 22.9 Å². The largest absolute Gasteiger partial charge is 0.284 e. The third kappa shape index (κ3) is 2.02. The third-order valence-corrected chi connectivity index (χ3v) is 4.00. The lowest BCUT2D eigenvalue weighted by molar-refractivity contribution is 0.626. The zero-order valence-electron chi connectivity index (χ0n) is 9.93. The smallest absolute Gasteiger partial charge is 0.123 e. The molecular weight excluding hydrogens is 245 g/mol. The normalized spacial score (nSPS) is 11.0. The molecule has 1 heterocycles. The Kier molecular flexibility index (Phi) is 2.84. The van der Waals surface area contributed by atoms with Crippen molar-refractivity contribution in [3.05, 3.63) is 66.1 Å². The topological polar surface area (TPSA) is 4.93 Å². The minimum absolute atomic E-state index is 0.201. The van der Waals surface area contributed by atoms with Crippen LogP contribution in [0.5, 0.6) is 0 Å². The Morgan fingerprint density at radius 3 is 2.50 bits per heavy atom. The Morgan fingerprint density at radius 1 is 1.00 bits per heavy atom. The fourth-order valence-electron chi connectivity index (χ4n) is 1.99. The number of rotatable bonds is 2. The summed E-state index contributed by atoms with van der Waals surface area (Å²) >= 11 is 1.61. The maximum absolute atomic E-state index is 12.9. The number of hydrogen-bond acceptors (Lipinski definition) is 1. The van der Waals surface area contributed by atoms with Crippen LogP contribution < -0.4 is 0 Å². The number of hydrogen-bond donors (Lipinski definition) is 0. The number of para-hydroxylation sites is 1. The summed E-state index contributed by atoms with van der Waals surface area (Å²) in [4.78, 5) is 1.03. The third-order valence-electron chi connectivity index (χ3n) is 2.85. The molecule has 3 aromatic rings. The molecule has 1 nitrogen and oxygen atoms in total. The number of halogens is 1. The number of nitrogens with zero attached hydrogens (tertiary/aromatic N) is 1. The zero-order valence-corrected chi connectivity index (χ0v) is 10.7. The highest BCUT2D eigenvalue weighted by atomic mass is 32.2. The van der Waals surface area contributed by atoms with Crippen LogP contribution in [0.15, 0.2) is 59.5 Å². The fourth-order valence-corrected chi connectivity index (χ4v) is 2.92. The summed E-state index contributed by atoms with van der Waals surface area (Å²) in [6.07, 6.45) is 0. The molecule has 0 N–H and O–H groups in total. The van der Waals surface area contributed by atoms with E-state index in [1.54, 1.807) is 24.1 Å². The molecule has 18 heavy (non-hydrogen) atoms. The van der Waals surface area contributed by atoms with Crippen molar-refractivity contribution in [2.75, 3.05) is 0 Å². The first kappa shape index (κ1) is 11.4. The van der Waals surface area contributed by atoms with Gasteiger partial charge in [0.1, 0.15) is 5.82 Å². The van der Waals surface area contributed by atoms with E-state index in [9.17, 15) is 4.39 Å². The van der Waals surface area contributed by atoms with Crippen LogP contribution in [0.25, 0.3) is 10.9 Å². The minimum atomic E-state index is -0.201. The summed E-state index contributed by atoms with van der Waals surface area (Å²) in [6, 6.07) is 17.0. The Bertz CT molecular complexity index is 685. The van der Waals surface area contributed by atoms with E-state index in [4.69, 9.17) is 0 Å². The molecule has 1 aromatic heterocycles. The lowest BCUT2D eigenvalue weighted by Gasteiger charge is -2.06. The summed E-state index contributed by atoms with van der Waals surface area (Å²) in [7, 11) is 0. The molecular formula is C15H12FNS. The zero-order chi connectivity index (χ0) is 12.5. The van der Waals surface area contributed by atoms with Gasteiger partial charge in [0.05, 0.1) is 5.52 Å². The van der Waals surface area contributed by atoms with E-state index in [0.29, 0.717) is 0 Å². The van der Waals surface area contributed by atoms with E-state index in [-0.39, 0.29) is 5.82 Å². The molecule has 0 atom stereocenters. The summed E-state index contributed by atoms with van der Waals surface area (Å²) < 4.78 is 15.1. The van der Waals surface area contributed by atoms with Gasteiger partial charge in [-0.1, -0.05) is 18.2 Å². The summed E-state index contributed by atoms with van der Waals surface area (Å²) in [5.74, 6) is -0.201. The standard InChI is InChI=1S/C15H12FNS/c1-11-10-12-4-2-3-5-15(12)17(11)18-14-8-6-13(16)7-9-14/h2-10H,1H3. The molecule has 90 valence electrons. The molecule has 2 aromatic carbocycles. The van der Waals surface area contributed by atoms with Gasteiger partial charge in [0.25, 0.3) is 0 Å². The maximum atomic E-state index is 12.9. The molecule has 0 aliphatic carbocycles. The van der Waals surface area contributed by atoms with Crippen molar-refractivity contribution in [3.8, 4) is 0 Å². The average Bonchev–Trinajstić information content (AvgIpc) is 2.69. The van der Waals surface area contributed by atoms with Gasteiger partial charge < -0.3 is 0 Å². The molecule has 0 spiro atoms. The molecule has 0 saturated heterocycles. The van der Waals surface area contributed by atoms with Gasteiger partial charge in [-0.2, -0.15) is 0 Å². The lowest BCUT2D eigenvalue weighted by atomic mass is 10.2. The number of aryl methyl sites for hydroxylation is 1. The van der Waals surface area contributed by atoms with Crippen molar-refractivity contribution in [2.45, 2.75) is 11.8 Å². The van der Waals surface area contributed by atoms with Crippen LogP contribution in [0.3, 0.4) is 0 Å². The first-order chi connectivity index (χ1) is 8.74. The molecule has 3 heteroatoms. The van der Waals surface area contributed by atoms with Crippen LogP contribution >= 0.6 is 11.9 Å². The SMILES string of the molecule is Cc1cc2ccccc2n1Sc1ccc(F)cc1. The Hall–Kier alpha value is -1.74. The maximum Gasteiger partial charge on any atom is 0.123 e. The second-order valence-corrected chi connectivity index (χ2v) is 5.20. The van der Waals surface area contributed by atoms with E-state index in [2.05, 4.69) is 29.1 Å². The predicted molar refractivity (Wildman–Crippen MR) is 74.3 cm³/mol. The highest BCUT2D eigenvalue weighted by Crippen LogP contribution is 2.29. The van der Waals surface area contributed by atoms with E-state index in [1.165, 1.54) is 28.7 Å². The molecule has 0 unspecified atom stereocenters. The summed E-state index contributed by atoms with van der Waals surface area (Å²) in [5.41, 5.74) is 2.37. The van der Waals surface area contributed by atoms with Crippen LogP contribution in [0.2, 0.25) is 0 Å². The number of benzene rings is 2. The van der Waals surface area contributed by atoms with Gasteiger partial charge in [-0.25, -0.2) is 4.39 Å². The molecule has 0 aliphatic heterocycles. The highest BCUT2D eigenvalue weighted by molar-refractivity contribution is 7.98. The van der Waals surface area contributed by atoms with Gasteiger partial charge in [0, 0.05) is 16.0 Å². The minimum Gasteiger partial charge on any atom is -0.284 e. The van der Waals surface area contributed by atoms with Crippen LogP contribution in [0.1, 0.15) is 5.69 Å². The monoisotopic (exact) mass is 257 g/mol. The molecule has 0 aliphatic rings. The quantitative estimate of drug-likeness (QED) is 0.647. The molecule has 0 saturated carbocycles. The molecule has 0 amide bonds. The van der Waals surface area contributed by atoms with Gasteiger partial charge in [-0.05, 0) is 55.3 Å². The first-order valence-corrected chi connectivity index (χ1v) is 6.52. The van der Waals surface area contributed by atoms with E-state index < -0.39 is 0 Å². The van der Waals surface area contributed by atoms with Gasteiger partial charge in [0.15, 0.2) is 0 Å². The van der Waals surface area contributed by atoms with Gasteiger partial charge >= 0.3 is 0 Å². The second-order valence-electron chi connectivity index (χ2n) is 4.18.